The molecule has 0 radical (unpaired) electrons. The summed E-state index contributed by atoms with van der Waals surface area (Å²) in [7, 11) is 1.68. The number of aliphatic hydroxyl groups is 1. The molecule has 0 amide bonds. The first-order valence-electron chi connectivity index (χ1n) is 20.5. The largest absolute Gasteiger partial charge is 0.462 e. The minimum absolute atomic E-state index is 0.0148. The molecule has 0 fully saturated rings. The normalized spacial score (nSPS) is 13.3. The van der Waals surface area contributed by atoms with Crippen molar-refractivity contribution in [3.05, 3.63) is 11.9 Å². The Bertz CT molecular complexity index is 1010. The molecule has 0 saturated heterocycles. The molecule has 0 bridgehead atoms. The molecule has 0 saturated carbocycles. The maximum atomic E-state index is 12.8. The van der Waals surface area contributed by atoms with Crippen LogP contribution in [0.2, 0.25) is 0 Å². The molecule has 1 aromatic rings. The van der Waals surface area contributed by atoms with Gasteiger partial charge >= 0.3 is 11.9 Å². The van der Waals surface area contributed by atoms with Crippen molar-refractivity contribution in [2.75, 3.05) is 20.3 Å². The maximum Gasteiger partial charge on any atom is 0.306 e. The monoisotopic (exact) mass is 724 g/mol. The Morgan fingerprint density at radius 3 is 1.82 bits per heavy atom. The van der Waals surface area contributed by atoms with Gasteiger partial charge in [-0.15, -0.1) is 5.10 Å². The quantitative estimate of drug-likeness (QED) is 0.0547. The lowest BCUT2D eigenvalue weighted by Crippen LogP contribution is -2.40. The third-order valence-corrected chi connectivity index (χ3v) is 9.88. The molecule has 298 valence electrons. The molecule has 10 heteroatoms. The fraction of sp³-hybridized carbons (Fsp3) is 0.902. The Labute approximate surface area is 311 Å². The minimum atomic E-state index is -0.730. The maximum absolute atomic E-state index is 12.8. The number of hydrogen-bond acceptors (Lipinski definition) is 9. The van der Waals surface area contributed by atoms with Crippen LogP contribution in [0.25, 0.3) is 0 Å². The predicted octanol–water partition coefficient (Wildman–Crippen LogP) is 9.48. The first-order chi connectivity index (χ1) is 24.4. The molecule has 0 aliphatic rings. The molecule has 0 aliphatic carbocycles. The van der Waals surface area contributed by atoms with Crippen molar-refractivity contribution in [2.45, 2.75) is 219 Å². The van der Waals surface area contributed by atoms with E-state index >= 15 is 0 Å². The van der Waals surface area contributed by atoms with E-state index in [0.717, 1.165) is 38.5 Å². The Morgan fingerprint density at radius 1 is 0.784 bits per heavy atom. The van der Waals surface area contributed by atoms with Crippen molar-refractivity contribution in [3.63, 3.8) is 0 Å². The fourth-order valence-corrected chi connectivity index (χ4v) is 5.93. The van der Waals surface area contributed by atoms with Crippen LogP contribution in [0, 0.1) is 0 Å². The Hall–Kier alpha value is -2.04. The summed E-state index contributed by atoms with van der Waals surface area (Å²) in [6.07, 6.45) is 24.0. The summed E-state index contributed by atoms with van der Waals surface area (Å²) in [5.41, 5.74) is -0.302. The second-order valence-corrected chi connectivity index (χ2v) is 15.6. The van der Waals surface area contributed by atoms with E-state index in [1.54, 1.807) is 18.0 Å². The highest BCUT2D eigenvalue weighted by molar-refractivity contribution is 5.70. The summed E-state index contributed by atoms with van der Waals surface area (Å²) in [6, 6.07) is 0. The van der Waals surface area contributed by atoms with Gasteiger partial charge in [0, 0.05) is 26.1 Å². The van der Waals surface area contributed by atoms with Crippen molar-refractivity contribution in [1.29, 1.82) is 0 Å². The zero-order chi connectivity index (χ0) is 37.8. The van der Waals surface area contributed by atoms with E-state index in [0.29, 0.717) is 44.4 Å². The van der Waals surface area contributed by atoms with E-state index in [2.05, 4.69) is 24.2 Å². The van der Waals surface area contributed by atoms with Gasteiger partial charge < -0.3 is 24.1 Å². The molecule has 0 spiro atoms. The molecular formula is C41H77N3O7. The Morgan fingerprint density at radius 2 is 1.29 bits per heavy atom. The zero-order valence-electron chi connectivity index (χ0n) is 33.9. The van der Waals surface area contributed by atoms with Crippen LogP contribution in [0.1, 0.15) is 188 Å². The van der Waals surface area contributed by atoms with Crippen LogP contribution in [0.15, 0.2) is 6.20 Å². The lowest BCUT2D eigenvalue weighted by Gasteiger charge is -2.32. The van der Waals surface area contributed by atoms with E-state index < -0.39 is 17.8 Å². The number of methoxy groups -OCH3 is 1. The Kier molecular flexibility index (Phi) is 26.2. The average Bonchev–Trinajstić information content (AvgIpc) is 3.54. The lowest BCUT2D eigenvalue weighted by atomic mass is 9.96. The van der Waals surface area contributed by atoms with Gasteiger partial charge in [-0.25, -0.2) is 4.68 Å². The number of unbranched alkanes of at least 4 members (excludes halogenated alkanes) is 16. The van der Waals surface area contributed by atoms with Crippen LogP contribution in [-0.4, -0.2) is 75.8 Å². The third kappa shape index (κ3) is 24.8. The number of aliphatic hydroxyl groups excluding tert-OH is 1. The summed E-state index contributed by atoms with van der Waals surface area (Å²) < 4.78 is 24.5. The molecule has 1 rings (SSSR count). The van der Waals surface area contributed by atoms with Crippen LogP contribution < -0.4 is 0 Å². The minimum Gasteiger partial charge on any atom is -0.462 e. The second-order valence-electron chi connectivity index (χ2n) is 15.6. The molecule has 1 heterocycles. The number of hydrogen-bond donors (Lipinski definition) is 1. The van der Waals surface area contributed by atoms with E-state index in [-0.39, 0.29) is 30.7 Å². The van der Waals surface area contributed by atoms with Crippen molar-refractivity contribution >= 4 is 11.9 Å². The van der Waals surface area contributed by atoms with Crippen LogP contribution in [0.3, 0.4) is 0 Å². The topological polar surface area (TPSA) is 122 Å². The van der Waals surface area contributed by atoms with Gasteiger partial charge in [-0.05, 0) is 59.8 Å². The van der Waals surface area contributed by atoms with Gasteiger partial charge in [0.05, 0.1) is 36.2 Å². The summed E-state index contributed by atoms with van der Waals surface area (Å²) in [5, 5.41) is 19.4. The SMILES string of the molecule is CCCCCCCCCCCC(=O)OCC(Cn1cc(CCC(O)C(C)(C)OCCC(C)(C)OC)nn1)OC(=O)CCCCCCCCCCC. The molecule has 51 heavy (non-hydrogen) atoms. The number of carbonyl (C=O) groups excluding carboxylic acids is 2. The number of rotatable bonds is 34. The molecule has 10 nitrogen and oxygen atoms in total. The van der Waals surface area contributed by atoms with E-state index in [9.17, 15) is 14.7 Å². The summed E-state index contributed by atoms with van der Waals surface area (Å²) in [5.74, 6) is -0.542. The molecule has 1 aromatic heterocycles. The summed E-state index contributed by atoms with van der Waals surface area (Å²) >= 11 is 0. The zero-order valence-corrected chi connectivity index (χ0v) is 33.9. The fourth-order valence-electron chi connectivity index (χ4n) is 5.93. The lowest BCUT2D eigenvalue weighted by molar-refractivity contribution is -0.160. The number of aryl methyl sites for hydroxylation is 1. The highest BCUT2D eigenvalue weighted by atomic mass is 16.6. The van der Waals surface area contributed by atoms with Gasteiger partial charge in [-0.3, -0.25) is 9.59 Å². The van der Waals surface area contributed by atoms with Crippen LogP contribution in [0.4, 0.5) is 0 Å². The van der Waals surface area contributed by atoms with Crippen molar-refractivity contribution in [3.8, 4) is 0 Å². The molecular weight excluding hydrogens is 646 g/mol. The number of carbonyl (C=O) groups is 2. The van der Waals surface area contributed by atoms with Gasteiger partial charge in [-0.1, -0.05) is 122 Å². The van der Waals surface area contributed by atoms with Gasteiger partial charge in [0.2, 0.25) is 0 Å². The van der Waals surface area contributed by atoms with Gasteiger partial charge in [0.1, 0.15) is 6.61 Å². The van der Waals surface area contributed by atoms with Crippen LogP contribution in [0.5, 0.6) is 0 Å². The first-order valence-corrected chi connectivity index (χ1v) is 20.5. The van der Waals surface area contributed by atoms with E-state index in [1.165, 1.54) is 77.0 Å². The molecule has 2 unspecified atom stereocenters. The number of aromatic nitrogens is 3. The van der Waals surface area contributed by atoms with Gasteiger partial charge in [0.15, 0.2) is 6.10 Å². The van der Waals surface area contributed by atoms with Crippen molar-refractivity contribution in [2.24, 2.45) is 0 Å². The number of esters is 2. The molecule has 0 aliphatic heterocycles. The summed E-state index contributed by atoms with van der Waals surface area (Å²) in [6.45, 7) is 12.9. The van der Waals surface area contributed by atoms with Crippen LogP contribution in [-0.2, 0) is 41.5 Å². The second kappa shape index (κ2) is 28.5. The van der Waals surface area contributed by atoms with Crippen LogP contribution >= 0.6 is 0 Å². The van der Waals surface area contributed by atoms with E-state index in [4.69, 9.17) is 18.9 Å². The van der Waals surface area contributed by atoms with Crippen molar-refractivity contribution < 1.29 is 33.6 Å². The molecule has 0 aromatic carbocycles. The van der Waals surface area contributed by atoms with E-state index in [1.807, 2.05) is 27.7 Å². The van der Waals surface area contributed by atoms with Gasteiger partial charge in [-0.2, -0.15) is 0 Å². The Balaban J connectivity index is 2.60. The smallest absolute Gasteiger partial charge is 0.306 e. The standard InChI is InChI=1S/C41H77N3O7/c1-8-10-12-14-16-18-20-22-24-26-38(46)49-34-36(51-39(47)27-25-23-21-19-17-15-13-11-9-2)33-44-32-35(42-43-44)28-29-37(45)41(5,6)50-31-30-40(3,4)48-7/h32,36-37,45H,8-31,33-34H2,1-7H3. The first kappa shape index (κ1) is 47.0. The van der Waals surface area contributed by atoms with Crippen molar-refractivity contribution in [1.82, 2.24) is 15.0 Å². The number of nitrogens with zero attached hydrogens (tertiary/aromatic N) is 3. The highest BCUT2D eigenvalue weighted by Gasteiger charge is 2.30. The van der Waals surface area contributed by atoms with Gasteiger partial charge in [0.25, 0.3) is 0 Å². The molecule has 2 atom stereocenters. The highest BCUT2D eigenvalue weighted by Crippen LogP contribution is 2.22. The predicted molar refractivity (Wildman–Crippen MR) is 205 cm³/mol. The third-order valence-electron chi connectivity index (χ3n) is 9.88. The summed E-state index contributed by atoms with van der Waals surface area (Å²) in [4.78, 5) is 25.4. The molecule has 1 N–H and O–H groups in total. The number of ether oxygens (including phenoxy) is 4. The average molecular weight is 724 g/mol.